The first-order valence-corrected chi connectivity index (χ1v) is 12.0. The highest BCUT2D eigenvalue weighted by Crippen LogP contribution is 2.65. The van der Waals surface area contributed by atoms with Crippen LogP contribution in [-0.4, -0.2) is 5.78 Å². The van der Waals surface area contributed by atoms with Crippen molar-refractivity contribution in [3.05, 3.63) is 48.1 Å². The van der Waals surface area contributed by atoms with Gasteiger partial charge in [-0.3, -0.25) is 4.79 Å². The van der Waals surface area contributed by atoms with Crippen LogP contribution < -0.4 is 0 Å². The number of hydrogen-bond donors (Lipinski definition) is 0. The molecule has 8 atom stereocenters. The van der Waals surface area contributed by atoms with Gasteiger partial charge >= 0.3 is 0 Å². The van der Waals surface area contributed by atoms with E-state index < -0.39 is 0 Å². The molecule has 4 aliphatic rings. The molecule has 29 heavy (non-hydrogen) atoms. The number of carbonyl (C=O) groups is 1. The monoisotopic (exact) mass is 392 g/mol. The van der Waals surface area contributed by atoms with E-state index in [1.807, 2.05) is 12.2 Å². The Balaban J connectivity index is 1.57. The first-order valence-electron chi connectivity index (χ1n) is 12.0. The molecule has 1 nitrogen and oxygen atoms in total. The van der Waals surface area contributed by atoms with Crippen LogP contribution in [-0.2, 0) is 4.79 Å². The molecule has 2 fully saturated rings. The molecular formula is C28H40O. The molecule has 1 heteroatoms. The number of rotatable bonds is 4. The van der Waals surface area contributed by atoms with E-state index in [9.17, 15) is 4.79 Å². The van der Waals surface area contributed by atoms with Crippen molar-refractivity contribution in [3.8, 4) is 0 Å². The van der Waals surface area contributed by atoms with Crippen molar-refractivity contribution >= 4 is 5.78 Å². The van der Waals surface area contributed by atoms with Gasteiger partial charge in [-0.2, -0.15) is 0 Å². The summed E-state index contributed by atoms with van der Waals surface area (Å²) in [6.45, 7) is 14.4. The maximum absolute atomic E-state index is 11.9. The minimum Gasteiger partial charge on any atom is -0.290 e. The fraction of sp³-hybridized carbons (Fsp3) is 0.679. The lowest BCUT2D eigenvalue weighted by Gasteiger charge is -2.55. The highest BCUT2D eigenvalue weighted by atomic mass is 16.1. The van der Waals surface area contributed by atoms with Crippen LogP contribution >= 0.6 is 0 Å². The first-order chi connectivity index (χ1) is 13.7. The Morgan fingerprint density at radius 2 is 1.76 bits per heavy atom. The molecule has 0 spiro atoms. The van der Waals surface area contributed by atoms with Crippen molar-refractivity contribution in [2.75, 3.05) is 0 Å². The molecule has 0 unspecified atom stereocenters. The van der Waals surface area contributed by atoms with Crippen molar-refractivity contribution in [2.24, 2.45) is 52.3 Å². The van der Waals surface area contributed by atoms with E-state index in [2.05, 4.69) is 71.9 Å². The second-order valence-corrected chi connectivity index (χ2v) is 11.3. The summed E-state index contributed by atoms with van der Waals surface area (Å²) in [7, 11) is 0. The van der Waals surface area contributed by atoms with E-state index in [1.165, 1.54) is 31.3 Å². The van der Waals surface area contributed by atoms with Crippen LogP contribution in [0.5, 0.6) is 0 Å². The Bertz CT molecular complexity index is 780. The summed E-state index contributed by atoms with van der Waals surface area (Å²) in [5.41, 5.74) is 1.73. The Morgan fingerprint density at radius 3 is 2.48 bits per heavy atom. The first kappa shape index (κ1) is 20.9. The average molecular weight is 393 g/mol. The van der Waals surface area contributed by atoms with Gasteiger partial charge in [-0.25, -0.2) is 0 Å². The number of carbonyl (C=O) groups excluding carboxylic acids is 1. The highest BCUT2D eigenvalue weighted by Gasteiger charge is 2.57. The zero-order valence-corrected chi connectivity index (χ0v) is 19.3. The topological polar surface area (TPSA) is 17.1 Å². The van der Waals surface area contributed by atoms with Gasteiger partial charge in [0, 0.05) is 5.41 Å². The third kappa shape index (κ3) is 3.33. The molecule has 0 N–H and O–H groups in total. The van der Waals surface area contributed by atoms with Crippen LogP contribution in [0.25, 0.3) is 0 Å². The summed E-state index contributed by atoms with van der Waals surface area (Å²) < 4.78 is 0. The molecule has 0 radical (unpaired) electrons. The van der Waals surface area contributed by atoms with Gasteiger partial charge in [-0.15, -0.1) is 0 Å². The Morgan fingerprint density at radius 1 is 1.00 bits per heavy atom. The predicted molar refractivity (Wildman–Crippen MR) is 122 cm³/mol. The largest absolute Gasteiger partial charge is 0.290 e. The fourth-order valence-electron chi connectivity index (χ4n) is 7.26. The third-order valence-corrected chi connectivity index (χ3v) is 9.59. The van der Waals surface area contributed by atoms with Crippen molar-refractivity contribution in [3.63, 3.8) is 0 Å². The van der Waals surface area contributed by atoms with Gasteiger partial charge < -0.3 is 0 Å². The van der Waals surface area contributed by atoms with Gasteiger partial charge in [-0.1, -0.05) is 71.9 Å². The Labute approximate surface area is 178 Å². The highest BCUT2D eigenvalue weighted by molar-refractivity contribution is 6.01. The number of allylic oxidation sites excluding steroid dienone is 8. The van der Waals surface area contributed by atoms with E-state index in [0.29, 0.717) is 35.0 Å². The lowest BCUT2D eigenvalue weighted by atomic mass is 9.49. The van der Waals surface area contributed by atoms with Crippen LogP contribution in [0.2, 0.25) is 0 Å². The van der Waals surface area contributed by atoms with Crippen molar-refractivity contribution < 1.29 is 4.79 Å². The second kappa shape index (κ2) is 7.40. The van der Waals surface area contributed by atoms with Crippen LogP contribution in [0, 0.1) is 52.3 Å². The van der Waals surface area contributed by atoms with Crippen molar-refractivity contribution in [1.82, 2.24) is 0 Å². The molecule has 0 amide bonds. The van der Waals surface area contributed by atoms with E-state index in [1.54, 1.807) is 0 Å². The molecular weight excluding hydrogens is 352 g/mol. The summed E-state index contributed by atoms with van der Waals surface area (Å²) in [4.78, 5) is 11.9. The quantitative estimate of drug-likeness (QED) is 0.463. The Hall–Kier alpha value is -1.37. The lowest BCUT2D eigenvalue weighted by Crippen LogP contribution is -2.48. The van der Waals surface area contributed by atoms with E-state index in [-0.39, 0.29) is 11.2 Å². The summed E-state index contributed by atoms with van der Waals surface area (Å²) in [5.74, 6) is 5.07. The maximum atomic E-state index is 11.9. The van der Waals surface area contributed by atoms with E-state index in [4.69, 9.17) is 0 Å². The molecule has 2 saturated carbocycles. The summed E-state index contributed by atoms with van der Waals surface area (Å²) >= 11 is 0. The van der Waals surface area contributed by atoms with Crippen molar-refractivity contribution in [1.29, 1.82) is 0 Å². The fourth-order valence-corrected chi connectivity index (χ4v) is 7.26. The summed E-state index contributed by atoms with van der Waals surface area (Å²) in [6.07, 6.45) is 21.0. The zero-order valence-electron chi connectivity index (χ0n) is 19.3. The summed E-state index contributed by atoms with van der Waals surface area (Å²) in [6, 6.07) is 0. The molecule has 158 valence electrons. The van der Waals surface area contributed by atoms with Gasteiger partial charge in [-0.05, 0) is 90.2 Å². The minimum absolute atomic E-state index is 0.0466. The van der Waals surface area contributed by atoms with Gasteiger partial charge in [0.15, 0.2) is 5.78 Å². The smallest absolute Gasteiger partial charge is 0.178 e. The standard InChI is InChI=1S/C28H40O/c1-18(2)19(3)7-8-20(4)24-11-12-25-23-10-9-21-17-22(29)13-15-27(21,5)26(23)14-16-28(24,25)6/h7-10,13,15,17-20,23-26H,11-12,14,16H2,1-6H3/b8-7+/t19-,20+,23-,24+,25-,26-,27-,28+/m0/s1. The molecule has 0 aliphatic heterocycles. The molecule has 0 aromatic rings. The third-order valence-electron chi connectivity index (χ3n) is 9.59. The number of hydrogen-bond acceptors (Lipinski definition) is 1. The van der Waals surface area contributed by atoms with Gasteiger partial charge in [0.05, 0.1) is 0 Å². The number of ketones is 1. The van der Waals surface area contributed by atoms with Crippen LogP contribution in [0.4, 0.5) is 0 Å². The summed E-state index contributed by atoms with van der Waals surface area (Å²) in [5, 5.41) is 0. The van der Waals surface area contributed by atoms with Crippen LogP contribution in [0.15, 0.2) is 48.1 Å². The Kier molecular flexibility index (Phi) is 5.33. The molecule has 0 saturated heterocycles. The van der Waals surface area contributed by atoms with E-state index in [0.717, 1.165) is 11.8 Å². The molecule has 0 bridgehead atoms. The molecule has 0 heterocycles. The average Bonchev–Trinajstić information content (AvgIpc) is 3.03. The molecule has 4 rings (SSSR count). The normalized spacial score (nSPS) is 43.1. The van der Waals surface area contributed by atoms with Gasteiger partial charge in [0.1, 0.15) is 0 Å². The van der Waals surface area contributed by atoms with Crippen LogP contribution in [0.3, 0.4) is 0 Å². The second-order valence-electron chi connectivity index (χ2n) is 11.3. The molecule has 4 aliphatic carbocycles. The molecule has 0 aromatic heterocycles. The molecule has 0 aromatic carbocycles. The van der Waals surface area contributed by atoms with Gasteiger partial charge in [0.2, 0.25) is 0 Å². The van der Waals surface area contributed by atoms with Crippen LogP contribution in [0.1, 0.15) is 67.2 Å². The maximum Gasteiger partial charge on any atom is 0.178 e. The van der Waals surface area contributed by atoms with E-state index >= 15 is 0 Å². The number of fused-ring (bicyclic) bond motifs is 5. The minimum atomic E-state index is 0.0466. The van der Waals surface area contributed by atoms with Crippen molar-refractivity contribution in [2.45, 2.75) is 67.2 Å². The SMILES string of the molecule is CC(C)[C@@H](C)/C=C/[C@@H](C)[C@H]1CC[C@H]2[C@@H]3C=CC4=CC(=O)C=C[C@]4(C)[C@H]3CC[C@]12C. The van der Waals surface area contributed by atoms with Gasteiger partial charge in [0.25, 0.3) is 0 Å². The zero-order chi connectivity index (χ0) is 21.0. The predicted octanol–water partition coefficient (Wildman–Crippen LogP) is 7.17. The lowest BCUT2D eigenvalue weighted by molar-refractivity contribution is -0.110.